The third kappa shape index (κ3) is 3.01. The Morgan fingerprint density at radius 3 is 2.84 bits per heavy atom. The molecule has 6 heteroatoms. The van der Waals surface area contributed by atoms with Gasteiger partial charge in [-0.25, -0.2) is 9.18 Å². The molecule has 1 N–H and O–H groups in total. The van der Waals surface area contributed by atoms with Crippen LogP contribution in [0.1, 0.15) is 6.42 Å². The number of benzene rings is 1. The predicted octanol–water partition coefficient (Wildman–Crippen LogP) is 1.20. The second kappa shape index (κ2) is 5.26. The third-order valence-corrected chi connectivity index (χ3v) is 2.98. The number of carbonyl (C=O) groups is 2. The van der Waals surface area contributed by atoms with Crippen molar-refractivity contribution in [3.63, 3.8) is 0 Å². The van der Waals surface area contributed by atoms with Gasteiger partial charge in [-0.1, -0.05) is 6.07 Å². The van der Waals surface area contributed by atoms with E-state index in [2.05, 4.69) is 5.32 Å². The zero-order chi connectivity index (χ0) is 14.0. The summed E-state index contributed by atoms with van der Waals surface area (Å²) < 4.78 is 13.1. The minimum absolute atomic E-state index is 0.116. The summed E-state index contributed by atoms with van der Waals surface area (Å²) in [5.41, 5.74) is 0.520. The highest BCUT2D eigenvalue weighted by Gasteiger charge is 2.31. The number of nitrogens with one attached hydrogen (secondary N) is 1. The van der Waals surface area contributed by atoms with Gasteiger partial charge in [0.05, 0.1) is 6.04 Å². The second-order valence-corrected chi connectivity index (χ2v) is 4.73. The molecule has 1 fully saturated rings. The fourth-order valence-corrected chi connectivity index (χ4v) is 2.00. The van der Waals surface area contributed by atoms with Gasteiger partial charge in [0, 0.05) is 32.7 Å². The van der Waals surface area contributed by atoms with Crippen LogP contribution >= 0.6 is 0 Å². The molecule has 1 atom stereocenters. The Hall–Kier alpha value is -2.11. The maximum Gasteiger partial charge on any atom is 0.317 e. The van der Waals surface area contributed by atoms with Crippen LogP contribution in [0.5, 0.6) is 0 Å². The molecule has 1 aliphatic rings. The first kappa shape index (κ1) is 13.3. The first-order chi connectivity index (χ1) is 8.97. The van der Waals surface area contributed by atoms with Gasteiger partial charge in [-0.15, -0.1) is 0 Å². The smallest absolute Gasteiger partial charge is 0.317 e. The quantitative estimate of drug-likeness (QED) is 0.873. The van der Waals surface area contributed by atoms with Gasteiger partial charge in [0.1, 0.15) is 5.82 Å². The van der Waals surface area contributed by atoms with Gasteiger partial charge in [0.15, 0.2) is 0 Å². The summed E-state index contributed by atoms with van der Waals surface area (Å²) >= 11 is 0. The molecule has 5 nitrogen and oxygen atoms in total. The molecule has 1 saturated heterocycles. The molecule has 102 valence electrons. The average Bonchev–Trinajstić information content (AvgIpc) is 2.70. The molecule has 1 aromatic rings. The van der Waals surface area contributed by atoms with Crippen molar-refractivity contribution in [3.05, 3.63) is 30.1 Å². The summed E-state index contributed by atoms with van der Waals surface area (Å²) in [6, 6.07) is 5.40. The topological polar surface area (TPSA) is 52.7 Å². The summed E-state index contributed by atoms with van der Waals surface area (Å²) in [5.74, 6) is -0.499. The molecule has 0 radical (unpaired) electrons. The van der Waals surface area contributed by atoms with Crippen LogP contribution in [0.4, 0.5) is 14.9 Å². The monoisotopic (exact) mass is 265 g/mol. The van der Waals surface area contributed by atoms with E-state index in [1.807, 2.05) is 0 Å². The first-order valence-electron chi connectivity index (χ1n) is 6.01. The lowest BCUT2D eigenvalue weighted by molar-refractivity contribution is -0.117. The molecule has 1 aliphatic heterocycles. The molecule has 0 unspecified atom stereocenters. The van der Waals surface area contributed by atoms with E-state index in [4.69, 9.17) is 0 Å². The Balaban J connectivity index is 2.06. The molecule has 2 rings (SSSR count). The number of amides is 3. The fourth-order valence-electron chi connectivity index (χ4n) is 2.00. The van der Waals surface area contributed by atoms with Gasteiger partial charge in [0.2, 0.25) is 5.91 Å². The molecule has 3 amide bonds. The number of carbonyl (C=O) groups excluding carboxylic acids is 2. The highest BCUT2D eigenvalue weighted by Crippen LogP contribution is 2.22. The van der Waals surface area contributed by atoms with Crippen LogP contribution in [-0.2, 0) is 4.79 Å². The molecule has 0 aliphatic carbocycles. The number of hydrogen-bond acceptors (Lipinski definition) is 2. The summed E-state index contributed by atoms with van der Waals surface area (Å²) in [7, 11) is 3.27. The highest BCUT2D eigenvalue weighted by molar-refractivity contribution is 5.96. The van der Waals surface area contributed by atoms with Crippen molar-refractivity contribution in [1.82, 2.24) is 10.2 Å². The molecule has 1 heterocycles. The van der Waals surface area contributed by atoms with Crippen molar-refractivity contribution in [2.24, 2.45) is 0 Å². The zero-order valence-electron chi connectivity index (χ0n) is 10.9. The van der Waals surface area contributed by atoms with Crippen LogP contribution in [0.2, 0.25) is 0 Å². The maximum atomic E-state index is 13.1. The van der Waals surface area contributed by atoms with Crippen molar-refractivity contribution in [3.8, 4) is 0 Å². The zero-order valence-corrected chi connectivity index (χ0v) is 10.9. The van der Waals surface area contributed by atoms with Gasteiger partial charge in [-0.05, 0) is 18.2 Å². The van der Waals surface area contributed by atoms with E-state index in [0.29, 0.717) is 12.2 Å². The van der Waals surface area contributed by atoms with E-state index in [1.54, 1.807) is 26.2 Å². The van der Waals surface area contributed by atoms with E-state index < -0.39 is 0 Å². The highest BCUT2D eigenvalue weighted by atomic mass is 19.1. The van der Waals surface area contributed by atoms with Crippen LogP contribution < -0.4 is 10.2 Å². The lowest BCUT2D eigenvalue weighted by Crippen LogP contribution is -2.42. The number of nitrogens with zero attached hydrogens (tertiary/aromatic N) is 2. The molecular formula is C13H16FN3O2. The van der Waals surface area contributed by atoms with Crippen molar-refractivity contribution >= 4 is 17.6 Å². The SMILES string of the molecule is CN(C)C(=O)N[C@@H]1CC(=O)N(c2cccc(F)c2)C1. The Morgan fingerprint density at radius 2 is 2.21 bits per heavy atom. The van der Waals surface area contributed by atoms with Crippen LogP contribution in [-0.4, -0.2) is 43.5 Å². The Morgan fingerprint density at radius 1 is 1.47 bits per heavy atom. The molecule has 0 saturated carbocycles. The first-order valence-corrected chi connectivity index (χ1v) is 6.01. The summed E-state index contributed by atoms with van der Waals surface area (Å²) in [6.07, 6.45) is 0.232. The van der Waals surface area contributed by atoms with E-state index in [1.165, 1.54) is 21.9 Å². The number of rotatable bonds is 2. The molecule has 1 aromatic carbocycles. The molecule has 0 aromatic heterocycles. The fraction of sp³-hybridized carbons (Fsp3) is 0.385. The normalized spacial score (nSPS) is 18.6. The van der Waals surface area contributed by atoms with Crippen LogP contribution in [0, 0.1) is 5.82 Å². The molecular weight excluding hydrogens is 249 g/mol. The predicted molar refractivity (Wildman–Crippen MR) is 69.4 cm³/mol. The van der Waals surface area contributed by atoms with Gasteiger partial charge in [-0.3, -0.25) is 4.79 Å². The standard InChI is InChI=1S/C13H16FN3O2/c1-16(2)13(19)15-10-7-12(18)17(8-10)11-5-3-4-9(14)6-11/h3-6,10H,7-8H2,1-2H3,(H,15,19)/t10-/m1/s1. The van der Waals surface area contributed by atoms with Gasteiger partial charge in [-0.2, -0.15) is 0 Å². The van der Waals surface area contributed by atoms with Crippen molar-refractivity contribution in [2.45, 2.75) is 12.5 Å². The summed E-state index contributed by atoms with van der Waals surface area (Å²) in [6.45, 7) is 0.363. The minimum atomic E-state index is -0.383. The molecule has 0 spiro atoms. The average molecular weight is 265 g/mol. The van der Waals surface area contributed by atoms with Gasteiger partial charge >= 0.3 is 6.03 Å². The van der Waals surface area contributed by atoms with E-state index >= 15 is 0 Å². The number of halogens is 1. The van der Waals surface area contributed by atoms with E-state index in [9.17, 15) is 14.0 Å². The van der Waals surface area contributed by atoms with Crippen molar-refractivity contribution in [2.75, 3.05) is 25.5 Å². The van der Waals surface area contributed by atoms with E-state index in [-0.39, 0.29) is 30.2 Å². The van der Waals surface area contributed by atoms with Crippen LogP contribution in [0.15, 0.2) is 24.3 Å². The lowest BCUT2D eigenvalue weighted by atomic mass is 10.2. The number of anilines is 1. The van der Waals surface area contributed by atoms with Gasteiger partial charge in [0.25, 0.3) is 0 Å². The van der Waals surface area contributed by atoms with Crippen LogP contribution in [0.3, 0.4) is 0 Å². The van der Waals surface area contributed by atoms with Crippen molar-refractivity contribution in [1.29, 1.82) is 0 Å². The third-order valence-electron chi connectivity index (χ3n) is 2.98. The lowest BCUT2D eigenvalue weighted by Gasteiger charge is -2.18. The number of urea groups is 1. The second-order valence-electron chi connectivity index (χ2n) is 4.73. The largest absolute Gasteiger partial charge is 0.333 e. The maximum absolute atomic E-state index is 13.1. The van der Waals surface area contributed by atoms with Crippen LogP contribution in [0.25, 0.3) is 0 Å². The Kier molecular flexibility index (Phi) is 3.69. The summed E-state index contributed by atoms with van der Waals surface area (Å²) in [5, 5.41) is 2.75. The van der Waals surface area contributed by atoms with Gasteiger partial charge < -0.3 is 15.1 Å². The number of hydrogen-bond donors (Lipinski definition) is 1. The Labute approximate surface area is 111 Å². The minimum Gasteiger partial charge on any atom is -0.333 e. The molecule has 0 bridgehead atoms. The van der Waals surface area contributed by atoms with E-state index in [0.717, 1.165) is 0 Å². The summed E-state index contributed by atoms with van der Waals surface area (Å²) in [4.78, 5) is 26.3. The molecule has 19 heavy (non-hydrogen) atoms. The Bertz CT molecular complexity index is 504. The van der Waals surface area contributed by atoms with Crippen molar-refractivity contribution < 1.29 is 14.0 Å².